The number of benzene rings is 1. The van der Waals surface area contributed by atoms with E-state index in [1.54, 1.807) is 11.3 Å². The molecule has 140 valence electrons. The number of hydrogen-bond acceptors (Lipinski definition) is 4. The van der Waals surface area contributed by atoms with Crippen molar-refractivity contribution < 1.29 is 9.53 Å². The molecule has 0 bridgehead atoms. The molecule has 5 nitrogen and oxygen atoms in total. The zero-order chi connectivity index (χ0) is 18.5. The minimum absolute atomic E-state index is 0.160. The molecule has 2 N–H and O–H groups in total. The van der Waals surface area contributed by atoms with E-state index in [1.807, 2.05) is 36.6 Å². The van der Waals surface area contributed by atoms with Crippen molar-refractivity contribution in [3.63, 3.8) is 0 Å². The minimum atomic E-state index is -0.160. The number of nitrogens with zero attached hydrogens (tertiary/aromatic N) is 1. The van der Waals surface area contributed by atoms with E-state index in [9.17, 15) is 4.79 Å². The van der Waals surface area contributed by atoms with Gasteiger partial charge in [-0.2, -0.15) is 0 Å². The number of thiazole rings is 1. The lowest BCUT2D eigenvalue weighted by Crippen LogP contribution is -2.44. The molecule has 0 saturated carbocycles. The van der Waals surface area contributed by atoms with Gasteiger partial charge in [0.1, 0.15) is 5.01 Å². The van der Waals surface area contributed by atoms with Crippen LogP contribution in [-0.4, -0.2) is 29.8 Å². The first-order chi connectivity index (χ1) is 12.5. The zero-order valence-electron chi connectivity index (χ0n) is 15.6. The molecular weight excluding hydrogens is 346 g/mol. The Labute approximate surface area is 159 Å². The van der Waals surface area contributed by atoms with Gasteiger partial charge in [-0.05, 0) is 44.2 Å². The van der Waals surface area contributed by atoms with E-state index in [0.29, 0.717) is 12.5 Å². The molecule has 3 rings (SSSR count). The average molecular weight is 374 g/mol. The van der Waals surface area contributed by atoms with E-state index < -0.39 is 0 Å². The van der Waals surface area contributed by atoms with Crippen molar-refractivity contribution >= 4 is 23.1 Å². The summed E-state index contributed by atoms with van der Waals surface area (Å²) in [4.78, 5) is 16.9. The molecule has 2 aromatic rings. The van der Waals surface area contributed by atoms with Crippen LogP contribution in [0, 0.1) is 12.8 Å². The number of rotatable bonds is 5. The molecule has 0 aliphatic carbocycles. The summed E-state index contributed by atoms with van der Waals surface area (Å²) in [5.41, 5.74) is 2.80. The van der Waals surface area contributed by atoms with Gasteiger partial charge in [0.05, 0.1) is 6.10 Å². The third kappa shape index (κ3) is 5.29. The van der Waals surface area contributed by atoms with Crippen molar-refractivity contribution in [2.24, 2.45) is 5.92 Å². The van der Waals surface area contributed by atoms with E-state index in [2.05, 4.69) is 29.5 Å². The number of aromatic nitrogens is 1. The fourth-order valence-corrected chi connectivity index (χ4v) is 4.07. The largest absolute Gasteiger partial charge is 0.378 e. The SMILES string of the molecule is Cc1csc(-c2cccc(NC(=O)N[C@@H]3CCO[C@H](CC(C)C)C3)c2)n1. The normalized spacial score (nSPS) is 20.2. The molecule has 0 spiro atoms. The van der Waals surface area contributed by atoms with Gasteiger partial charge in [0.2, 0.25) is 0 Å². The van der Waals surface area contributed by atoms with Crippen LogP contribution in [0.1, 0.15) is 38.8 Å². The fourth-order valence-electron chi connectivity index (χ4n) is 3.27. The van der Waals surface area contributed by atoms with Crippen LogP contribution in [0.2, 0.25) is 0 Å². The summed E-state index contributed by atoms with van der Waals surface area (Å²) in [5, 5.41) is 9.03. The van der Waals surface area contributed by atoms with Crippen molar-refractivity contribution in [1.29, 1.82) is 0 Å². The van der Waals surface area contributed by atoms with Gasteiger partial charge in [-0.1, -0.05) is 26.0 Å². The third-order valence-corrected chi connectivity index (χ3v) is 5.43. The van der Waals surface area contributed by atoms with Gasteiger partial charge >= 0.3 is 6.03 Å². The first kappa shape index (κ1) is 18.9. The van der Waals surface area contributed by atoms with Gasteiger partial charge in [0.15, 0.2) is 0 Å². The predicted octanol–water partition coefficient (Wildman–Crippen LogP) is 4.83. The average Bonchev–Trinajstić information content (AvgIpc) is 3.01. The second kappa shape index (κ2) is 8.64. The second-order valence-corrected chi connectivity index (χ2v) is 8.18. The molecule has 1 aromatic carbocycles. The highest BCUT2D eigenvalue weighted by molar-refractivity contribution is 7.13. The molecule has 2 amide bonds. The van der Waals surface area contributed by atoms with Crippen molar-refractivity contribution in [2.45, 2.75) is 52.2 Å². The van der Waals surface area contributed by atoms with Crippen LogP contribution in [0.3, 0.4) is 0 Å². The molecule has 0 unspecified atom stereocenters. The minimum Gasteiger partial charge on any atom is -0.378 e. The Morgan fingerprint density at radius 3 is 3.00 bits per heavy atom. The van der Waals surface area contributed by atoms with Crippen LogP contribution in [0.15, 0.2) is 29.6 Å². The van der Waals surface area contributed by atoms with Gasteiger partial charge < -0.3 is 15.4 Å². The molecule has 26 heavy (non-hydrogen) atoms. The van der Waals surface area contributed by atoms with Gasteiger partial charge in [-0.15, -0.1) is 11.3 Å². The van der Waals surface area contributed by atoms with Crippen LogP contribution >= 0.6 is 11.3 Å². The Balaban J connectivity index is 1.56. The number of carbonyl (C=O) groups excluding carboxylic acids is 1. The molecule has 1 fully saturated rings. The Morgan fingerprint density at radius 2 is 2.27 bits per heavy atom. The zero-order valence-corrected chi connectivity index (χ0v) is 16.4. The lowest BCUT2D eigenvalue weighted by molar-refractivity contribution is -0.00717. The summed E-state index contributed by atoms with van der Waals surface area (Å²) in [7, 11) is 0. The number of ether oxygens (including phenoxy) is 1. The highest BCUT2D eigenvalue weighted by Crippen LogP contribution is 2.26. The maximum absolute atomic E-state index is 12.4. The maximum Gasteiger partial charge on any atom is 0.319 e. The Hall–Kier alpha value is -1.92. The standard InChI is InChI=1S/C20H27N3O2S/c1-13(2)9-18-11-17(7-8-25-18)23-20(24)22-16-6-4-5-15(10-16)19-21-14(3)12-26-19/h4-6,10,12-13,17-18H,7-9,11H2,1-3H3,(H2,22,23,24)/t17-,18-/m1/s1. The Kier molecular flexibility index (Phi) is 6.27. The molecule has 1 saturated heterocycles. The van der Waals surface area contributed by atoms with Gasteiger partial charge in [-0.25, -0.2) is 9.78 Å². The monoisotopic (exact) mass is 373 g/mol. The van der Waals surface area contributed by atoms with Crippen molar-refractivity contribution in [2.75, 3.05) is 11.9 Å². The summed E-state index contributed by atoms with van der Waals surface area (Å²) in [6.07, 6.45) is 3.02. The van der Waals surface area contributed by atoms with E-state index in [4.69, 9.17) is 4.74 Å². The number of urea groups is 1. The van der Waals surface area contributed by atoms with Gasteiger partial charge in [0.25, 0.3) is 0 Å². The molecule has 0 radical (unpaired) electrons. The summed E-state index contributed by atoms with van der Waals surface area (Å²) in [6, 6.07) is 7.81. The van der Waals surface area contributed by atoms with Crippen molar-refractivity contribution in [1.82, 2.24) is 10.3 Å². The van der Waals surface area contributed by atoms with E-state index in [0.717, 1.165) is 41.2 Å². The van der Waals surface area contributed by atoms with Crippen LogP contribution in [0.25, 0.3) is 10.6 Å². The molecule has 6 heteroatoms. The number of amides is 2. The first-order valence-electron chi connectivity index (χ1n) is 9.21. The summed E-state index contributed by atoms with van der Waals surface area (Å²) >= 11 is 1.61. The summed E-state index contributed by atoms with van der Waals surface area (Å²) in [6.45, 7) is 7.09. The fraction of sp³-hybridized carbons (Fsp3) is 0.500. The van der Waals surface area contributed by atoms with Crippen LogP contribution in [0.4, 0.5) is 10.5 Å². The lowest BCUT2D eigenvalue weighted by atomic mass is 9.96. The van der Waals surface area contributed by atoms with E-state index >= 15 is 0 Å². The van der Waals surface area contributed by atoms with Crippen molar-refractivity contribution in [3.8, 4) is 10.6 Å². The van der Waals surface area contributed by atoms with Crippen LogP contribution in [0.5, 0.6) is 0 Å². The smallest absolute Gasteiger partial charge is 0.319 e. The molecule has 1 aliphatic rings. The molecule has 1 aromatic heterocycles. The summed E-state index contributed by atoms with van der Waals surface area (Å²) < 4.78 is 5.81. The molecule has 2 heterocycles. The molecular formula is C20H27N3O2S. The van der Waals surface area contributed by atoms with E-state index in [-0.39, 0.29) is 18.2 Å². The molecule has 1 aliphatic heterocycles. The number of aryl methyl sites for hydroxylation is 1. The number of carbonyl (C=O) groups is 1. The van der Waals surface area contributed by atoms with E-state index in [1.165, 1.54) is 0 Å². The highest BCUT2D eigenvalue weighted by Gasteiger charge is 2.24. The predicted molar refractivity (Wildman–Crippen MR) is 107 cm³/mol. The highest BCUT2D eigenvalue weighted by atomic mass is 32.1. The van der Waals surface area contributed by atoms with Crippen LogP contribution in [-0.2, 0) is 4.74 Å². The van der Waals surface area contributed by atoms with Crippen LogP contribution < -0.4 is 10.6 Å². The maximum atomic E-state index is 12.4. The lowest BCUT2D eigenvalue weighted by Gasteiger charge is -2.31. The number of hydrogen-bond donors (Lipinski definition) is 2. The van der Waals surface area contributed by atoms with Gasteiger partial charge in [0, 0.05) is 35.0 Å². The second-order valence-electron chi connectivity index (χ2n) is 7.32. The number of anilines is 1. The van der Waals surface area contributed by atoms with Gasteiger partial charge in [-0.3, -0.25) is 0 Å². The third-order valence-electron chi connectivity index (χ3n) is 4.42. The van der Waals surface area contributed by atoms with Crippen molar-refractivity contribution in [3.05, 3.63) is 35.3 Å². The summed E-state index contributed by atoms with van der Waals surface area (Å²) in [5.74, 6) is 0.602. The molecule has 2 atom stereocenters. The Bertz CT molecular complexity index is 744. The first-order valence-corrected chi connectivity index (χ1v) is 10.1. The Morgan fingerprint density at radius 1 is 1.42 bits per heavy atom. The topological polar surface area (TPSA) is 63.2 Å². The number of nitrogens with one attached hydrogen (secondary N) is 2. The quantitative estimate of drug-likeness (QED) is 0.789.